The highest BCUT2D eigenvalue weighted by atomic mass is 32.2. The molecule has 1 heterocycles. The van der Waals surface area contributed by atoms with Crippen LogP contribution in [-0.4, -0.2) is 28.5 Å². The van der Waals surface area contributed by atoms with Gasteiger partial charge in [-0.15, -0.1) is 11.3 Å². The molecule has 0 unspecified atom stereocenters. The topological polar surface area (TPSA) is 72.9 Å². The summed E-state index contributed by atoms with van der Waals surface area (Å²) in [4.78, 5) is 13.0. The van der Waals surface area contributed by atoms with Crippen LogP contribution in [0, 0.1) is 0 Å². The lowest BCUT2D eigenvalue weighted by molar-refractivity contribution is -0.128. The van der Waals surface area contributed by atoms with Crippen molar-refractivity contribution in [2.45, 2.75) is 4.90 Å². The van der Waals surface area contributed by atoms with Crippen LogP contribution in [0.3, 0.4) is 0 Å². The smallest absolute Gasteiger partial charge is 0.336 e. The Labute approximate surface area is 173 Å². The molecule has 3 rings (SSSR count). The van der Waals surface area contributed by atoms with Gasteiger partial charge in [0.05, 0.1) is 17.7 Å². The van der Waals surface area contributed by atoms with E-state index in [0.29, 0.717) is 17.2 Å². The molecule has 0 fully saturated rings. The second-order valence-electron chi connectivity index (χ2n) is 5.91. The number of sulfonamides is 1. The van der Waals surface area contributed by atoms with Gasteiger partial charge >= 0.3 is 5.97 Å². The van der Waals surface area contributed by atoms with Gasteiger partial charge in [-0.1, -0.05) is 6.07 Å². The number of benzene rings is 2. The predicted octanol–water partition coefficient (Wildman–Crippen LogP) is 4.20. The van der Waals surface area contributed by atoms with Gasteiger partial charge in [-0.3, -0.25) is 4.31 Å². The Balaban J connectivity index is 1.69. The van der Waals surface area contributed by atoms with E-state index in [1.807, 2.05) is 17.5 Å². The number of ether oxygens (including phenoxy) is 2. The number of rotatable bonds is 7. The Kier molecular flexibility index (Phi) is 6.36. The van der Waals surface area contributed by atoms with Gasteiger partial charge in [0.1, 0.15) is 11.5 Å². The summed E-state index contributed by atoms with van der Waals surface area (Å²) in [6.07, 6.45) is 3.02. The van der Waals surface area contributed by atoms with Crippen LogP contribution >= 0.6 is 11.3 Å². The van der Waals surface area contributed by atoms with Crippen LogP contribution in [0.25, 0.3) is 6.08 Å². The summed E-state index contributed by atoms with van der Waals surface area (Å²) in [5.41, 5.74) is 0.440. The molecule has 0 aliphatic heterocycles. The molecule has 8 heteroatoms. The highest BCUT2D eigenvalue weighted by molar-refractivity contribution is 7.92. The van der Waals surface area contributed by atoms with Crippen LogP contribution in [0.2, 0.25) is 0 Å². The van der Waals surface area contributed by atoms with Gasteiger partial charge in [0, 0.05) is 18.0 Å². The van der Waals surface area contributed by atoms with Gasteiger partial charge in [-0.25, -0.2) is 13.2 Å². The van der Waals surface area contributed by atoms with E-state index in [1.165, 1.54) is 43.7 Å². The third-order valence-electron chi connectivity index (χ3n) is 4.06. The Morgan fingerprint density at radius 3 is 2.24 bits per heavy atom. The molecule has 3 aromatic rings. The van der Waals surface area contributed by atoms with Gasteiger partial charge in [0.25, 0.3) is 10.0 Å². The summed E-state index contributed by atoms with van der Waals surface area (Å²) in [6.45, 7) is 0. The van der Waals surface area contributed by atoms with Gasteiger partial charge in [0.15, 0.2) is 0 Å². The molecular weight excluding hydrogens is 410 g/mol. The van der Waals surface area contributed by atoms with E-state index in [4.69, 9.17) is 9.47 Å². The molecule has 0 saturated carbocycles. The molecule has 0 saturated heterocycles. The second kappa shape index (κ2) is 8.93. The molecule has 0 spiro atoms. The first kappa shape index (κ1) is 20.6. The van der Waals surface area contributed by atoms with Gasteiger partial charge < -0.3 is 9.47 Å². The number of carbonyl (C=O) groups is 1. The fourth-order valence-corrected chi connectivity index (χ4v) is 4.27. The zero-order valence-corrected chi connectivity index (χ0v) is 17.4. The van der Waals surface area contributed by atoms with E-state index in [-0.39, 0.29) is 4.90 Å². The first-order valence-corrected chi connectivity index (χ1v) is 10.9. The molecule has 2 aromatic carbocycles. The minimum Gasteiger partial charge on any atom is -0.497 e. The number of thiophene rings is 1. The van der Waals surface area contributed by atoms with E-state index in [0.717, 1.165) is 9.18 Å². The van der Waals surface area contributed by atoms with Crippen LogP contribution in [0.4, 0.5) is 5.69 Å². The maximum absolute atomic E-state index is 12.8. The molecule has 29 heavy (non-hydrogen) atoms. The fraction of sp³-hybridized carbons (Fsp3) is 0.0952. The number of nitrogens with zero attached hydrogens (tertiary/aromatic N) is 1. The van der Waals surface area contributed by atoms with Crippen molar-refractivity contribution in [3.8, 4) is 11.5 Å². The van der Waals surface area contributed by atoms with E-state index in [2.05, 4.69) is 0 Å². The Morgan fingerprint density at radius 2 is 1.66 bits per heavy atom. The molecule has 0 atom stereocenters. The summed E-state index contributed by atoms with van der Waals surface area (Å²) < 4.78 is 37.0. The SMILES string of the molecule is COc1ccc(S(=O)(=O)N(C)c2ccc(OC(=O)/C=C/c3cccs3)cc2)cc1. The van der Waals surface area contributed by atoms with Crippen molar-refractivity contribution in [1.82, 2.24) is 0 Å². The summed E-state index contributed by atoms with van der Waals surface area (Å²) in [6, 6.07) is 16.2. The van der Waals surface area contributed by atoms with E-state index >= 15 is 0 Å². The van der Waals surface area contributed by atoms with Crippen LogP contribution in [0.15, 0.2) is 77.0 Å². The summed E-state index contributed by atoms with van der Waals surface area (Å²) in [5.74, 6) is 0.390. The van der Waals surface area contributed by atoms with Crippen LogP contribution < -0.4 is 13.8 Å². The Bertz CT molecular complexity index is 1090. The van der Waals surface area contributed by atoms with Gasteiger partial charge in [0.2, 0.25) is 0 Å². The zero-order valence-electron chi connectivity index (χ0n) is 15.8. The fourth-order valence-electron chi connectivity index (χ4n) is 2.46. The minimum atomic E-state index is -3.73. The molecule has 1 aromatic heterocycles. The molecular formula is C21H19NO5S2. The molecule has 0 aliphatic rings. The number of hydrogen-bond acceptors (Lipinski definition) is 6. The lowest BCUT2D eigenvalue weighted by Crippen LogP contribution is -2.26. The monoisotopic (exact) mass is 429 g/mol. The molecule has 150 valence electrons. The summed E-state index contributed by atoms with van der Waals surface area (Å²) in [5, 5.41) is 1.92. The third kappa shape index (κ3) is 5.04. The van der Waals surface area contributed by atoms with Gasteiger partial charge in [-0.2, -0.15) is 0 Å². The van der Waals surface area contributed by atoms with Crippen molar-refractivity contribution in [2.75, 3.05) is 18.5 Å². The van der Waals surface area contributed by atoms with Crippen molar-refractivity contribution >= 4 is 39.1 Å². The average molecular weight is 430 g/mol. The van der Waals surface area contributed by atoms with E-state index in [1.54, 1.807) is 42.5 Å². The molecule has 0 radical (unpaired) electrons. The molecule has 0 bridgehead atoms. The summed E-state index contributed by atoms with van der Waals surface area (Å²) >= 11 is 1.51. The first-order valence-electron chi connectivity index (χ1n) is 8.56. The minimum absolute atomic E-state index is 0.148. The lowest BCUT2D eigenvalue weighted by atomic mass is 10.3. The van der Waals surface area contributed by atoms with Crippen molar-refractivity contribution < 1.29 is 22.7 Å². The lowest BCUT2D eigenvalue weighted by Gasteiger charge is -2.20. The van der Waals surface area contributed by atoms with Crippen molar-refractivity contribution in [1.29, 1.82) is 0 Å². The predicted molar refractivity (Wildman–Crippen MR) is 114 cm³/mol. The van der Waals surface area contributed by atoms with Crippen molar-refractivity contribution in [2.24, 2.45) is 0 Å². The molecule has 0 amide bonds. The van der Waals surface area contributed by atoms with Gasteiger partial charge in [-0.05, 0) is 66.1 Å². The highest BCUT2D eigenvalue weighted by Crippen LogP contribution is 2.25. The highest BCUT2D eigenvalue weighted by Gasteiger charge is 2.21. The number of hydrogen-bond donors (Lipinski definition) is 0. The Morgan fingerprint density at radius 1 is 1.00 bits per heavy atom. The maximum atomic E-state index is 12.8. The van der Waals surface area contributed by atoms with Crippen molar-refractivity contribution in [3.05, 3.63) is 77.0 Å². The standard InChI is InChI=1S/C21H19NO5S2/c1-22(29(24,25)20-12-9-17(26-2)10-13-20)16-5-7-18(8-6-16)27-21(23)14-11-19-4-3-15-28-19/h3-15H,1-2H3/b14-11+. The molecule has 0 N–H and O–H groups in total. The largest absolute Gasteiger partial charge is 0.497 e. The zero-order chi connectivity index (χ0) is 20.9. The molecule has 0 aliphatic carbocycles. The summed E-state index contributed by atoms with van der Waals surface area (Å²) in [7, 11) is -0.748. The quantitative estimate of drug-likeness (QED) is 0.320. The number of esters is 1. The third-order valence-corrected chi connectivity index (χ3v) is 6.70. The number of anilines is 1. The number of methoxy groups -OCH3 is 1. The Hall–Kier alpha value is -3.10. The van der Waals surface area contributed by atoms with Crippen LogP contribution in [-0.2, 0) is 14.8 Å². The molecule has 6 nitrogen and oxygen atoms in total. The number of carbonyl (C=O) groups excluding carboxylic acids is 1. The average Bonchev–Trinajstić information content (AvgIpc) is 3.26. The first-order chi connectivity index (χ1) is 13.9. The van der Waals surface area contributed by atoms with Crippen LogP contribution in [0.1, 0.15) is 4.88 Å². The van der Waals surface area contributed by atoms with Crippen LogP contribution in [0.5, 0.6) is 11.5 Å². The van der Waals surface area contributed by atoms with Crippen molar-refractivity contribution in [3.63, 3.8) is 0 Å². The van der Waals surface area contributed by atoms with E-state index in [9.17, 15) is 13.2 Å². The normalized spacial score (nSPS) is 11.4. The maximum Gasteiger partial charge on any atom is 0.336 e. The van der Waals surface area contributed by atoms with E-state index < -0.39 is 16.0 Å². The second-order valence-corrected chi connectivity index (χ2v) is 8.86.